The summed E-state index contributed by atoms with van der Waals surface area (Å²) in [7, 11) is 2.00. The Morgan fingerprint density at radius 1 is 0.944 bits per heavy atom. The highest BCUT2D eigenvalue weighted by molar-refractivity contribution is 5.69. The molecule has 0 saturated carbocycles. The van der Waals surface area contributed by atoms with Crippen LogP contribution in [0.3, 0.4) is 0 Å². The van der Waals surface area contributed by atoms with Gasteiger partial charge in [-0.2, -0.15) is 0 Å². The van der Waals surface area contributed by atoms with Crippen LogP contribution in [0.2, 0.25) is 0 Å². The van der Waals surface area contributed by atoms with Gasteiger partial charge in [-0.3, -0.25) is 4.98 Å². The molecule has 0 N–H and O–H groups in total. The molecule has 0 fully saturated rings. The van der Waals surface area contributed by atoms with Crippen LogP contribution in [0.4, 0.5) is 0 Å². The van der Waals surface area contributed by atoms with E-state index < -0.39 is 0 Å². The zero-order chi connectivity index (χ0) is 12.4. The van der Waals surface area contributed by atoms with Gasteiger partial charge in [0, 0.05) is 43.0 Å². The third-order valence-corrected chi connectivity index (χ3v) is 2.94. The Morgan fingerprint density at radius 2 is 1.78 bits per heavy atom. The van der Waals surface area contributed by atoms with E-state index in [2.05, 4.69) is 34.2 Å². The fourth-order valence-corrected chi connectivity index (χ4v) is 2.02. The lowest BCUT2D eigenvalue weighted by molar-refractivity contribution is 0.925. The first-order valence-electron chi connectivity index (χ1n) is 5.83. The van der Waals surface area contributed by atoms with Gasteiger partial charge in [-0.05, 0) is 17.7 Å². The Hall–Kier alpha value is -2.42. The molecule has 0 amide bonds. The molecule has 0 unspecified atom stereocenters. The molecule has 0 atom stereocenters. The van der Waals surface area contributed by atoms with Crippen LogP contribution in [-0.4, -0.2) is 14.5 Å². The number of imidazole rings is 1. The third kappa shape index (κ3) is 1.91. The van der Waals surface area contributed by atoms with Crippen LogP contribution in [0.25, 0.3) is 22.5 Å². The second-order valence-electron chi connectivity index (χ2n) is 4.18. The Kier molecular flexibility index (Phi) is 2.65. The molecular formula is C15H13N3. The van der Waals surface area contributed by atoms with Gasteiger partial charge in [-0.1, -0.05) is 24.3 Å². The first-order valence-corrected chi connectivity index (χ1v) is 5.83. The highest BCUT2D eigenvalue weighted by Crippen LogP contribution is 2.24. The van der Waals surface area contributed by atoms with E-state index in [1.165, 1.54) is 0 Å². The normalized spacial score (nSPS) is 10.5. The van der Waals surface area contributed by atoms with Crippen LogP contribution >= 0.6 is 0 Å². The lowest BCUT2D eigenvalue weighted by atomic mass is 10.0. The summed E-state index contributed by atoms with van der Waals surface area (Å²) < 4.78 is 2.02. The Morgan fingerprint density at radius 3 is 2.50 bits per heavy atom. The molecule has 3 aromatic rings. The highest BCUT2D eigenvalue weighted by Gasteiger charge is 2.04. The summed E-state index contributed by atoms with van der Waals surface area (Å²) >= 11 is 0. The average molecular weight is 235 g/mol. The molecule has 0 bridgehead atoms. The van der Waals surface area contributed by atoms with Crippen molar-refractivity contribution in [2.24, 2.45) is 7.05 Å². The second kappa shape index (κ2) is 4.45. The Bertz CT molecular complexity index is 656. The molecule has 3 nitrogen and oxygen atoms in total. The molecule has 3 rings (SSSR count). The molecular weight excluding hydrogens is 222 g/mol. The van der Waals surface area contributed by atoms with Crippen molar-refractivity contribution in [3.8, 4) is 22.5 Å². The lowest BCUT2D eigenvalue weighted by Crippen LogP contribution is -1.91. The lowest BCUT2D eigenvalue weighted by Gasteiger charge is -2.05. The molecule has 0 aliphatic rings. The van der Waals surface area contributed by atoms with Crippen molar-refractivity contribution < 1.29 is 0 Å². The zero-order valence-electron chi connectivity index (χ0n) is 10.1. The molecule has 0 saturated heterocycles. The molecule has 0 radical (unpaired) electrons. The fraction of sp³-hybridized carbons (Fsp3) is 0.0667. The summed E-state index contributed by atoms with van der Waals surface area (Å²) in [5.74, 6) is 0.973. The van der Waals surface area contributed by atoms with E-state index in [9.17, 15) is 0 Å². The maximum atomic E-state index is 4.37. The number of rotatable bonds is 2. The van der Waals surface area contributed by atoms with Crippen molar-refractivity contribution in [2.75, 3.05) is 0 Å². The van der Waals surface area contributed by atoms with Gasteiger partial charge in [-0.15, -0.1) is 0 Å². The van der Waals surface area contributed by atoms with Gasteiger partial charge in [0.1, 0.15) is 5.82 Å². The number of benzene rings is 1. The van der Waals surface area contributed by atoms with Crippen molar-refractivity contribution in [1.82, 2.24) is 14.5 Å². The van der Waals surface area contributed by atoms with Gasteiger partial charge in [0.25, 0.3) is 0 Å². The standard InChI is InChI=1S/C15H13N3/c1-18-9-8-17-15(18)13-5-2-4-12(10-13)14-6-3-7-16-11-14/h2-11H,1H3. The predicted molar refractivity (Wildman–Crippen MR) is 71.9 cm³/mol. The molecule has 0 aliphatic carbocycles. The largest absolute Gasteiger partial charge is 0.334 e. The number of nitrogens with zero attached hydrogens (tertiary/aromatic N) is 3. The predicted octanol–water partition coefficient (Wildman–Crippen LogP) is 3.15. The topological polar surface area (TPSA) is 30.7 Å². The highest BCUT2D eigenvalue weighted by atomic mass is 15.0. The molecule has 2 heterocycles. The van der Waals surface area contributed by atoms with Crippen molar-refractivity contribution in [3.05, 3.63) is 61.2 Å². The van der Waals surface area contributed by atoms with E-state index in [1.54, 1.807) is 6.20 Å². The van der Waals surface area contributed by atoms with Crippen LogP contribution in [0.15, 0.2) is 61.2 Å². The minimum Gasteiger partial charge on any atom is -0.334 e. The number of pyridine rings is 1. The molecule has 18 heavy (non-hydrogen) atoms. The minimum atomic E-state index is 0.973. The van der Waals surface area contributed by atoms with Crippen molar-refractivity contribution >= 4 is 0 Å². The van der Waals surface area contributed by atoms with Crippen molar-refractivity contribution in [3.63, 3.8) is 0 Å². The monoisotopic (exact) mass is 235 g/mol. The number of hydrogen-bond donors (Lipinski definition) is 0. The maximum absolute atomic E-state index is 4.37. The molecule has 3 heteroatoms. The van der Waals surface area contributed by atoms with E-state index in [0.717, 1.165) is 22.5 Å². The summed E-state index contributed by atoms with van der Waals surface area (Å²) in [6, 6.07) is 12.4. The van der Waals surface area contributed by atoms with Gasteiger partial charge in [0.2, 0.25) is 0 Å². The average Bonchev–Trinajstić information content (AvgIpc) is 2.86. The van der Waals surface area contributed by atoms with Gasteiger partial charge in [0.15, 0.2) is 0 Å². The smallest absolute Gasteiger partial charge is 0.139 e. The van der Waals surface area contributed by atoms with Gasteiger partial charge in [0.05, 0.1) is 0 Å². The van der Waals surface area contributed by atoms with Crippen LogP contribution in [-0.2, 0) is 7.05 Å². The summed E-state index contributed by atoms with van der Waals surface area (Å²) in [6.07, 6.45) is 7.42. The van der Waals surface area contributed by atoms with Crippen LogP contribution in [0, 0.1) is 0 Å². The summed E-state index contributed by atoms with van der Waals surface area (Å²) in [6.45, 7) is 0. The summed E-state index contributed by atoms with van der Waals surface area (Å²) in [4.78, 5) is 8.52. The fourth-order valence-electron chi connectivity index (χ4n) is 2.02. The van der Waals surface area contributed by atoms with Crippen LogP contribution < -0.4 is 0 Å². The Balaban J connectivity index is 2.08. The molecule has 1 aromatic carbocycles. The summed E-state index contributed by atoms with van der Waals surface area (Å²) in [5, 5.41) is 0. The van der Waals surface area contributed by atoms with Crippen LogP contribution in [0.1, 0.15) is 0 Å². The van der Waals surface area contributed by atoms with Crippen molar-refractivity contribution in [2.45, 2.75) is 0 Å². The quantitative estimate of drug-likeness (QED) is 0.683. The first kappa shape index (κ1) is 10.7. The second-order valence-corrected chi connectivity index (χ2v) is 4.18. The molecule has 0 aliphatic heterocycles. The third-order valence-electron chi connectivity index (χ3n) is 2.94. The van der Waals surface area contributed by atoms with E-state index in [4.69, 9.17) is 0 Å². The van der Waals surface area contributed by atoms with E-state index in [-0.39, 0.29) is 0 Å². The molecule has 88 valence electrons. The molecule has 2 aromatic heterocycles. The van der Waals surface area contributed by atoms with Gasteiger partial charge >= 0.3 is 0 Å². The Labute approximate surface area is 106 Å². The van der Waals surface area contributed by atoms with Gasteiger partial charge in [-0.25, -0.2) is 4.98 Å². The minimum absolute atomic E-state index is 0.973. The zero-order valence-corrected chi connectivity index (χ0v) is 10.1. The van der Waals surface area contributed by atoms with Gasteiger partial charge < -0.3 is 4.57 Å². The number of aryl methyl sites for hydroxylation is 1. The summed E-state index contributed by atoms with van der Waals surface area (Å²) in [5.41, 5.74) is 3.39. The SMILES string of the molecule is Cn1ccnc1-c1cccc(-c2cccnc2)c1. The van der Waals surface area contributed by atoms with E-state index in [0.29, 0.717) is 0 Å². The van der Waals surface area contributed by atoms with E-state index >= 15 is 0 Å². The number of hydrogen-bond acceptors (Lipinski definition) is 2. The van der Waals surface area contributed by atoms with Crippen LogP contribution in [0.5, 0.6) is 0 Å². The molecule has 0 spiro atoms. The first-order chi connectivity index (χ1) is 8.84. The van der Waals surface area contributed by atoms with Crippen molar-refractivity contribution in [1.29, 1.82) is 0 Å². The number of aromatic nitrogens is 3. The maximum Gasteiger partial charge on any atom is 0.139 e. The van der Waals surface area contributed by atoms with E-state index in [1.807, 2.05) is 42.3 Å².